The van der Waals surface area contributed by atoms with Crippen molar-refractivity contribution in [2.75, 3.05) is 6.54 Å². The van der Waals surface area contributed by atoms with Gasteiger partial charge in [-0.25, -0.2) is 0 Å². The van der Waals surface area contributed by atoms with E-state index in [4.69, 9.17) is 0 Å². The molecule has 1 aromatic rings. The van der Waals surface area contributed by atoms with Crippen LogP contribution in [0.25, 0.3) is 0 Å². The Kier molecular flexibility index (Phi) is 2.91. The van der Waals surface area contributed by atoms with E-state index < -0.39 is 0 Å². The molecule has 1 nitrogen and oxygen atoms in total. The van der Waals surface area contributed by atoms with Crippen LogP contribution in [0.15, 0.2) is 29.2 Å². The van der Waals surface area contributed by atoms with Crippen molar-refractivity contribution in [1.29, 1.82) is 0 Å². The molecule has 0 saturated carbocycles. The normalized spacial score (nSPS) is 22.1. The van der Waals surface area contributed by atoms with Crippen LogP contribution in [0.2, 0.25) is 0 Å². The lowest BCUT2D eigenvalue weighted by molar-refractivity contribution is 0.806. The molecule has 1 fully saturated rings. The van der Waals surface area contributed by atoms with Crippen LogP contribution in [0.1, 0.15) is 18.4 Å². The zero-order chi connectivity index (χ0) is 9.10. The van der Waals surface area contributed by atoms with Crippen molar-refractivity contribution >= 4 is 11.8 Å². The van der Waals surface area contributed by atoms with Crippen LogP contribution in [0.5, 0.6) is 0 Å². The Balaban J connectivity index is 2.00. The Bertz CT molecular complexity index is 279. The molecule has 0 bridgehead atoms. The second kappa shape index (κ2) is 4.16. The summed E-state index contributed by atoms with van der Waals surface area (Å²) in [5.74, 6) is 0. The van der Waals surface area contributed by atoms with E-state index in [1.165, 1.54) is 29.8 Å². The maximum absolute atomic E-state index is 3.49. The fourth-order valence-electron chi connectivity index (χ4n) is 1.61. The molecule has 1 aliphatic rings. The summed E-state index contributed by atoms with van der Waals surface area (Å²) in [7, 11) is 0. The predicted molar refractivity (Wildman–Crippen MR) is 58.1 cm³/mol. The maximum Gasteiger partial charge on any atom is 0.0580 e. The topological polar surface area (TPSA) is 12.0 Å². The van der Waals surface area contributed by atoms with Crippen molar-refractivity contribution in [2.24, 2.45) is 0 Å². The average molecular weight is 193 g/mol. The van der Waals surface area contributed by atoms with Gasteiger partial charge in [0.05, 0.1) is 5.37 Å². The first-order valence-corrected chi connectivity index (χ1v) is 5.69. The second-order valence-corrected chi connectivity index (χ2v) is 4.80. The van der Waals surface area contributed by atoms with E-state index in [0.717, 1.165) is 0 Å². The summed E-state index contributed by atoms with van der Waals surface area (Å²) in [5.41, 5.74) is 1.35. The van der Waals surface area contributed by atoms with Crippen LogP contribution in [-0.4, -0.2) is 11.9 Å². The van der Waals surface area contributed by atoms with Gasteiger partial charge in [0.1, 0.15) is 0 Å². The van der Waals surface area contributed by atoms with Gasteiger partial charge in [-0.15, -0.1) is 11.8 Å². The van der Waals surface area contributed by atoms with Crippen LogP contribution >= 0.6 is 11.8 Å². The highest BCUT2D eigenvalue weighted by Crippen LogP contribution is 2.27. The monoisotopic (exact) mass is 193 g/mol. The first-order valence-electron chi connectivity index (χ1n) is 4.81. The quantitative estimate of drug-likeness (QED) is 0.775. The third kappa shape index (κ3) is 2.48. The summed E-state index contributed by atoms with van der Waals surface area (Å²) in [6.45, 7) is 3.33. The molecule has 1 unspecified atom stereocenters. The smallest absolute Gasteiger partial charge is 0.0580 e. The Morgan fingerprint density at radius 3 is 3.08 bits per heavy atom. The average Bonchev–Trinajstić information content (AvgIpc) is 2.57. The second-order valence-electron chi connectivity index (χ2n) is 3.52. The minimum Gasteiger partial charge on any atom is -0.305 e. The molecular formula is C11H15NS. The highest BCUT2D eigenvalue weighted by Gasteiger charge is 2.14. The summed E-state index contributed by atoms with van der Waals surface area (Å²) in [6.07, 6.45) is 2.63. The molecule has 0 radical (unpaired) electrons. The lowest BCUT2D eigenvalue weighted by atomic mass is 10.2. The highest BCUT2D eigenvalue weighted by molar-refractivity contribution is 7.99. The van der Waals surface area contributed by atoms with Gasteiger partial charge in [-0.2, -0.15) is 0 Å². The molecule has 0 aromatic heterocycles. The first kappa shape index (κ1) is 9.10. The summed E-state index contributed by atoms with van der Waals surface area (Å²) in [5, 5.41) is 4.13. The van der Waals surface area contributed by atoms with E-state index in [9.17, 15) is 0 Å². The largest absolute Gasteiger partial charge is 0.305 e. The van der Waals surface area contributed by atoms with E-state index in [-0.39, 0.29) is 0 Å². The summed E-state index contributed by atoms with van der Waals surface area (Å²) >= 11 is 1.95. The summed E-state index contributed by atoms with van der Waals surface area (Å²) in [4.78, 5) is 1.39. The van der Waals surface area contributed by atoms with Crippen LogP contribution in [0, 0.1) is 6.92 Å². The van der Waals surface area contributed by atoms with E-state index in [1.807, 2.05) is 11.8 Å². The molecule has 2 heteroatoms. The third-order valence-electron chi connectivity index (χ3n) is 2.28. The number of aryl methyl sites for hydroxylation is 1. The van der Waals surface area contributed by atoms with E-state index in [2.05, 4.69) is 36.5 Å². The molecule has 1 heterocycles. The molecule has 1 aromatic carbocycles. The van der Waals surface area contributed by atoms with Gasteiger partial charge in [0.25, 0.3) is 0 Å². The number of nitrogens with one attached hydrogen (secondary N) is 1. The highest BCUT2D eigenvalue weighted by atomic mass is 32.2. The van der Waals surface area contributed by atoms with Crippen molar-refractivity contribution in [2.45, 2.75) is 30.0 Å². The number of thioether (sulfide) groups is 1. The molecule has 70 valence electrons. The van der Waals surface area contributed by atoms with Crippen molar-refractivity contribution in [1.82, 2.24) is 5.32 Å². The molecule has 2 rings (SSSR count). The first-order chi connectivity index (χ1) is 6.34. The molecule has 1 N–H and O–H groups in total. The molecule has 1 atom stereocenters. The molecule has 0 amide bonds. The van der Waals surface area contributed by atoms with Crippen LogP contribution in [-0.2, 0) is 0 Å². The van der Waals surface area contributed by atoms with E-state index >= 15 is 0 Å². The lowest BCUT2D eigenvalue weighted by Gasteiger charge is -2.09. The Hall–Kier alpha value is -0.470. The van der Waals surface area contributed by atoms with Gasteiger partial charge in [-0.1, -0.05) is 17.7 Å². The van der Waals surface area contributed by atoms with Gasteiger partial charge in [-0.3, -0.25) is 0 Å². The number of rotatable bonds is 2. The van der Waals surface area contributed by atoms with Crippen molar-refractivity contribution in [3.05, 3.63) is 29.8 Å². The minimum atomic E-state index is 0.641. The molecular weight excluding hydrogens is 178 g/mol. The summed E-state index contributed by atoms with van der Waals surface area (Å²) < 4.78 is 0. The Labute approximate surface area is 83.9 Å². The fraction of sp³-hybridized carbons (Fsp3) is 0.455. The fourth-order valence-corrected chi connectivity index (χ4v) is 2.83. The lowest BCUT2D eigenvalue weighted by Crippen LogP contribution is -2.16. The van der Waals surface area contributed by atoms with Crippen molar-refractivity contribution < 1.29 is 0 Å². The van der Waals surface area contributed by atoms with E-state index in [0.29, 0.717) is 5.37 Å². The molecule has 1 aliphatic heterocycles. The zero-order valence-electron chi connectivity index (χ0n) is 7.92. The standard InChI is InChI=1S/C11H15NS/c1-9-4-2-5-10(8-9)13-11-6-3-7-12-11/h2,4-5,8,11-12H,3,6-7H2,1H3. The number of hydrogen-bond acceptors (Lipinski definition) is 2. The third-order valence-corrected chi connectivity index (χ3v) is 3.50. The minimum absolute atomic E-state index is 0.641. The van der Waals surface area contributed by atoms with Gasteiger partial charge in [0.2, 0.25) is 0 Å². The van der Waals surface area contributed by atoms with Crippen LogP contribution in [0.3, 0.4) is 0 Å². The van der Waals surface area contributed by atoms with Gasteiger partial charge < -0.3 is 5.32 Å². The van der Waals surface area contributed by atoms with Crippen molar-refractivity contribution in [3.8, 4) is 0 Å². The van der Waals surface area contributed by atoms with Gasteiger partial charge in [0.15, 0.2) is 0 Å². The van der Waals surface area contributed by atoms with Gasteiger partial charge in [0, 0.05) is 4.90 Å². The van der Waals surface area contributed by atoms with E-state index in [1.54, 1.807) is 0 Å². The predicted octanol–water partition coefficient (Wildman–Crippen LogP) is 2.80. The van der Waals surface area contributed by atoms with Crippen molar-refractivity contribution in [3.63, 3.8) is 0 Å². The molecule has 13 heavy (non-hydrogen) atoms. The molecule has 0 spiro atoms. The van der Waals surface area contributed by atoms with Gasteiger partial charge >= 0.3 is 0 Å². The Morgan fingerprint density at radius 1 is 1.46 bits per heavy atom. The number of hydrogen-bond donors (Lipinski definition) is 1. The SMILES string of the molecule is Cc1cccc(SC2CCCN2)c1. The van der Waals surface area contributed by atoms with Crippen LogP contribution in [0.4, 0.5) is 0 Å². The molecule has 1 saturated heterocycles. The maximum atomic E-state index is 3.49. The Morgan fingerprint density at radius 2 is 2.38 bits per heavy atom. The van der Waals surface area contributed by atoms with Gasteiger partial charge in [-0.05, 0) is 38.4 Å². The summed E-state index contributed by atoms with van der Waals surface area (Å²) in [6, 6.07) is 8.72. The zero-order valence-corrected chi connectivity index (χ0v) is 8.73. The van der Waals surface area contributed by atoms with Crippen LogP contribution < -0.4 is 5.32 Å². The molecule has 0 aliphatic carbocycles. The number of benzene rings is 1.